The second-order valence-corrected chi connectivity index (χ2v) is 4.84. The maximum atomic E-state index is 11.8. The molecule has 0 bridgehead atoms. The molecule has 1 heterocycles. The summed E-state index contributed by atoms with van der Waals surface area (Å²) in [5.74, 6) is 1.41. The molecule has 1 amide bonds. The fourth-order valence-corrected chi connectivity index (χ4v) is 2.10. The van der Waals surface area contributed by atoms with E-state index in [0.29, 0.717) is 13.0 Å². The number of methoxy groups -OCH3 is 2. The van der Waals surface area contributed by atoms with Gasteiger partial charge in [-0.25, -0.2) is 0 Å². The molecule has 0 spiro atoms. The highest BCUT2D eigenvalue weighted by Crippen LogP contribution is 2.24. The van der Waals surface area contributed by atoms with Crippen molar-refractivity contribution in [2.75, 3.05) is 20.8 Å². The van der Waals surface area contributed by atoms with Crippen LogP contribution in [-0.2, 0) is 11.2 Å². The van der Waals surface area contributed by atoms with E-state index in [1.165, 1.54) is 6.08 Å². The van der Waals surface area contributed by atoms with E-state index in [0.717, 1.165) is 22.6 Å². The van der Waals surface area contributed by atoms with Crippen molar-refractivity contribution in [2.45, 2.75) is 6.42 Å². The minimum absolute atomic E-state index is 0.143. The van der Waals surface area contributed by atoms with E-state index in [9.17, 15) is 4.79 Å². The summed E-state index contributed by atoms with van der Waals surface area (Å²) >= 11 is 0. The van der Waals surface area contributed by atoms with Crippen molar-refractivity contribution in [1.82, 2.24) is 10.3 Å². The number of aromatic nitrogens is 1. The number of rotatable bonds is 7. The Morgan fingerprint density at radius 3 is 2.83 bits per heavy atom. The lowest BCUT2D eigenvalue weighted by molar-refractivity contribution is -0.116. The van der Waals surface area contributed by atoms with Crippen molar-refractivity contribution in [3.63, 3.8) is 0 Å². The number of carbonyl (C=O) groups excluding carboxylic acids is 1. The lowest BCUT2D eigenvalue weighted by Gasteiger charge is -2.10. The molecule has 0 saturated carbocycles. The SMILES string of the molecule is COc1ccc(OC)c(CCNC(=O)C=Cc2cccnc2)c1. The molecule has 0 fully saturated rings. The Morgan fingerprint density at radius 2 is 2.13 bits per heavy atom. The Bertz CT molecular complexity index is 669. The number of carbonyl (C=O) groups is 1. The summed E-state index contributed by atoms with van der Waals surface area (Å²) < 4.78 is 10.5. The Hall–Kier alpha value is -2.82. The number of nitrogens with zero attached hydrogens (tertiary/aromatic N) is 1. The second-order valence-electron chi connectivity index (χ2n) is 4.84. The van der Waals surface area contributed by atoms with Crippen LogP contribution in [0.2, 0.25) is 0 Å². The summed E-state index contributed by atoms with van der Waals surface area (Å²) in [5.41, 5.74) is 1.88. The normalized spacial score (nSPS) is 10.5. The van der Waals surface area contributed by atoms with Crippen LogP contribution in [0.5, 0.6) is 11.5 Å². The second kappa shape index (κ2) is 8.58. The van der Waals surface area contributed by atoms with Crippen LogP contribution < -0.4 is 14.8 Å². The average Bonchev–Trinajstić information content (AvgIpc) is 2.60. The van der Waals surface area contributed by atoms with Crippen LogP contribution in [0.1, 0.15) is 11.1 Å². The number of amides is 1. The average molecular weight is 312 g/mol. The van der Waals surface area contributed by atoms with Crippen molar-refractivity contribution in [3.05, 3.63) is 59.9 Å². The van der Waals surface area contributed by atoms with Gasteiger partial charge in [0.2, 0.25) is 5.91 Å². The topological polar surface area (TPSA) is 60.5 Å². The van der Waals surface area contributed by atoms with Gasteiger partial charge in [-0.3, -0.25) is 9.78 Å². The Balaban J connectivity index is 1.87. The molecule has 1 N–H and O–H groups in total. The molecule has 0 aliphatic heterocycles. The lowest BCUT2D eigenvalue weighted by Crippen LogP contribution is -2.23. The van der Waals surface area contributed by atoms with Gasteiger partial charge in [-0.1, -0.05) is 6.07 Å². The van der Waals surface area contributed by atoms with Gasteiger partial charge in [0.1, 0.15) is 11.5 Å². The van der Waals surface area contributed by atoms with E-state index < -0.39 is 0 Å². The van der Waals surface area contributed by atoms with Crippen LogP contribution in [-0.4, -0.2) is 31.7 Å². The summed E-state index contributed by atoms with van der Waals surface area (Å²) in [6.07, 6.45) is 7.28. The van der Waals surface area contributed by atoms with Gasteiger partial charge in [-0.15, -0.1) is 0 Å². The van der Waals surface area contributed by atoms with Crippen LogP contribution >= 0.6 is 0 Å². The number of benzene rings is 1. The predicted molar refractivity (Wildman–Crippen MR) is 89.5 cm³/mol. The lowest BCUT2D eigenvalue weighted by atomic mass is 10.1. The highest BCUT2D eigenvalue weighted by Gasteiger charge is 2.05. The van der Waals surface area contributed by atoms with Gasteiger partial charge in [0.05, 0.1) is 14.2 Å². The molecule has 0 aliphatic carbocycles. The number of hydrogen-bond donors (Lipinski definition) is 1. The number of nitrogens with one attached hydrogen (secondary N) is 1. The first-order valence-corrected chi connectivity index (χ1v) is 7.30. The van der Waals surface area contributed by atoms with Crippen molar-refractivity contribution >= 4 is 12.0 Å². The summed E-state index contributed by atoms with van der Waals surface area (Å²) in [7, 11) is 3.25. The highest BCUT2D eigenvalue weighted by atomic mass is 16.5. The van der Waals surface area contributed by atoms with Crippen molar-refractivity contribution in [1.29, 1.82) is 0 Å². The molecular weight excluding hydrogens is 292 g/mol. The van der Waals surface area contributed by atoms with E-state index in [4.69, 9.17) is 9.47 Å². The van der Waals surface area contributed by atoms with Gasteiger partial charge >= 0.3 is 0 Å². The van der Waals surface area contributed by atoms with Crippen LogP contribution in [0.3, 0.4) is 0 Å². The molecule has 0 unspecified atom stereocenters. The van der Waals surface area contributed by atoms with Crippen LogP contribution in [0, 0.1) is 0 Å². The molecule has 0 saturated heterocycles. The van der Waals surface area contributed by atoms with E-state index >= 15 is 0 Å². The Labute approximate surface area is 136 Å². The maximum Gasteiger partial charge on any atom is 0.244 e. The Morgan fingerprint density at radius 1 is 1.26 bits per heavy atom. The highest BCUT2D eigenvalue weighted by molar-refractivity contribution is 5.91. The minimum Gasteiger partial charge on any atom is -0.497 e. The summed E-state index contributed by atoms with van der Waals surface area (Å²) in [6.45, 7) is 0.514. The van der Waals surface area contributed by atoms with Crippen LogP contribution in [0.15, 0.2) is 48.8 Å². The quantitative estimate of drug-likeness (QED) is 0.798. The predicted octanol–water partition coefficient (Wildman–Crippen LogP) is 2.47. The molecule has 2 rings (SSSR count). The third-order valence-corrected chi connectivity index (χ3v) is 3.29. The van der Waals surface area contributed by atoms with Gasteiger partial charge in [0.25, 0.3) is 0 Å². The summed E-state index contributed by atoms with van der Waals surface area (Å²) in [6, 6.07) is 9.33. The third kappa shape index (κ3) is 5.14. The van der Waals surface area contributed by atoms with Crippen molar-refractivity contribution in [3.8, 4) is 11.5 Å². The zero-order valence-corrected chi connectivity index (χ0v) is 13.3. The minimum atomic E-state index is -0.143. The van der Waals surface area contributed by atoms with E-state index in [2.05, 4.69) is 10.3 Å². The monoisotopic (exact) mass is 312 g/mol. The number of ether oxygens (including phenoxy) is 2. The van der Waals surface area contributed by atoms with Gasteiger partial charge in [0, 0.05) is 25.0 Å². The molecule has 0 aliphatic rings. The molecule has 5 heteroatoms. The standard InChI is InChI=1S/C18H20N2O3/c1-22-16-6-7-17(23-2)15(12-16)9-11-20-18(21)8-5-14-4-3-10-19-13-14/h3-8,10,12-13H,9,11H2,1-2H3,(H,20,21). The van der Waals surface area contributed by atoms with Crippen LogP contribution in [0.25, 0.3) is 6.08 Å². The van der Waals surface area contributed by atoms with Gasteiger partial charge in [-0.2, -0.15) is 0 Å². The van der Waals surface area contributed by atoms with Gasteiger partial charge in [-0.05, 0) is 47.9 Å². The molecule has 1 aromatic heterocycles. The smallest absolute Gasteiger partial charge is 0.244 e. The molecule has 5 nitrogen and oxygen atoms in total. The zero-order valence-electron chi connectivity index (χ0n) is 13.3. The number of hydrogen-bond acceptors (Lipinski definition) is 4. The number of pyridine rings is 1. The van der Waals surface area contributed by atoms with Gasteiger partial charge < -0.3 is 14.8 Å². The summed E-state index contributed by atoms with van der Waals surface area (Å²) in [5, 5.41) is 2.85. The molecule has 120 valence electrons. The van der Waals surface area contributed by atoms with E-state index in [1.807, 2.05) is 30.3 Å². The first-order chi connectivity index (χ1) is 11.2. The fraction of sp³-hybridized carbons (Fsp3) is 0.222. The van der Waals surface area contributed by atoms with Gasteiger partial charge in [0.15, 0.2) is 0 Å². The van der Waals surface area contributed by atoms with Crippen molar-refractivity contribution in [2.24, 2.45) is 0 Å². The zero-order chi connectivity index (χ0) is 16.5. The fourth-order valence-electron chi connectivity index (χ4n) is 2.10. The van der Waals surface area contributed by atoms with Crippen LogP contribution in [0.4, 0.5) is 0 Å². The first-order valence-electron chi connectivity index (χ1n) is 7.30. The Kier molecular flexibility index (Phi) is 6.17. The molecular formula is C18H20N2O3. The van der Waals surface area contributed by atoms with Crippen molar-refractivity contribution < 1.29 is 14.3 Å². The molecule has 0 radical (unpaired) electrons. The molecule has 2 aromatic rings. The molecule has 23 heavy (non-hydrogen) atoms. The first kappa shape index (κ1) is 16.5. The summed E-state index contributed by atoms with van der Waals surface area (Å²) in [4.78, 5) is 15.8. The van der Waals surface area contributed by atoms with E-state index in [1.54, 1.807) is 32.7 Å². The van der Waals surface area contributed by atoms with E-state index in [-0.39, 0.29) is 5.91 Å². The molecule has 1 aromatic carbocycles. The largest absolute Gasteiger partial charge is 0.497 e. The molecule has 0 atom stereocenters. The third-order valence-electron chi connectivity index (χ3n) is 3.29. The maximum absolute atomic E-state index is 11.8.